The maximum Gasteiger partial charge on any atom is 0.338 e. The molecule has 0 saturated carbocycles. The number of hydrogen-bond acceptors (Lipinski definition) is 6. The van der Waals surface area contributed by atoms with Crippen LogP contribution in [0.3, 0.4) is 0 Å². The third-order valence-electron chi connectivity index (χ3n) is 3.95. The van der Waals surface area contributed by atoms with Crippen LogP contribution in [-0.4, -0.2) is 39.9 Å². The van der Waals surface area contributed by atoms with Gasteiger partial charge < -0.3 is 9.47 Å². The minimum Gasteiger partial charge on any atom is -0.497 e. The van der Waals surface area contributed by atoms with Crippen molar-refractivity contribution in [1.82, 2.24) is 4.72 Å². The second-order valence-electron chi connectivity index (χ2n) is 6.07. The van der Waals surface area contributed by atoms with E-state index in [0.717, 1.165) is 0 Å². The number of benzene rings is 2. The van der Waals surface area contributed by atoms with E-state index in [1.807, 2.05) is 6.92 Å². The number of ketones is 1. The van der Waals surface area contributed by atoms with Gasteiger partial charge >= 0.3 is 5.97 Å². The Morgan fingerprint density at radius 2 is 1.75 bits per heavy atom. The highest BCUT2D eigenvalue weighted by Gasteiger charge is 2.22. The fourth-order valence-electron chi connectivity index (χ4n) is 2.38. The van der Waals surface area contributed by atoms with Gasteiger partial charge in [-0.05, 0) is 55.8 Å². The Kier molecular flexibility index (Phi) is 7.31. The molecule has 0 spiro atoms. The largest absolute Gasteiger partial charge is 0.497 e. The van der Waals surface area contributed by atoms with Crippen LogP contribution in [0.15, 0.2) is 53.4 Å². The molecule has 0 heterocycles. The number of Topliss-reactive ketones (excluding diaryl/α,β-unsaturated/α-hetero) is 1. The summed E-state index contributed by atoms with van der Waals surface area (Å²) in [6, 6.07) is 11.9. The Hall–Kier alpha value is -2.71. The molecule has 0 radical (unpaired) electrons. The van der Waals surface area contributed by atoms with Gasteiger partial charge in [-0.3, -0.25) is 4.79 Å². The van der Waals surface area contributed by atoms with Crippen molar-refractivity contribution in [3.05, 3.63) is 59.7 Å². The zero-order valence-corrected chi connectivity index (χ0v) is 16.8. The number of hydrogen-bond donors (Lipinski definition) is 1. The lowest BCUT2D eigenvalue weighted by Crippen LogP contribution is -2.26. The summed E-state index contributed by atoms with van der Waals surface area (Å²) >= 11 is 0. The van der Waals surface area contributed by atoms with Gasteiger partial charge in [-0.25, -0.2) is 17.9 Å². The average molecular weight is 405 g/mol. The maximum atomic E-state index is 12.4. The van der Waals surface area contributed by atoms with E-state index in [1.165, 1.54) is 38.3 Å². The van der Waals surface area contributed by atoms with E-state index in [-0.39, 0.29) is 16.2 Å². The van der Waals surface area contributed by atoms with Crippen LogP contribution in [0.25, 0.3) is 0 Å². The van der Waals surface area contributed by atoms with Gasteiger partial charge in [0, 0.05) is 12.1 Å². The van der Waals surface area contributed by atoms with Crippen molar-refractivity contribution in [3.63, 3.8) is 0 Å². The minimum atomic E-state index is -3.71. The molecular weight excluding hydrogens is 382 g/mol. The number of sulfonamides is 1. The van der Waals surface area contributed by atoms with Crippen molar-refractivity contribution in [2.45, 2.75) is 31.3 Å². The van der Waals surface area contributed by atoms with Gasteiger partial charge in [0.05, 0.1) is 17.6 Å². The van der Waals surface area contributed by atoms with E-state index < -0.39 is 22.1 Å². The number of rotatable bonds is 9. The van der Waals surface area contributed by atoms with Gasteiger partial charge in [0.15, 0.2) is 6.10 Å². The zero-order valence-electron chi connectivity index (χ0n) is 16.0. The van der Waals surface area contributed by atoms with Crippen molar-refractivity contribution in [3.8, 4) is 5.75 Å². The molecule has 1 atom stereocenters. The molecule has 0 saturated heterocycles. The summed E-state index contributed by atoms with van der Waals surface area (Å²) in [5.41, 5.74) is 0.426. The van der Waals surface area contributed by atoms with Gasteiger partial charge in [-0.2, -0.15) is 0 Å². The topological polar surface area (TPSA) is 98.8 Å². The third kappa shape index (κ3) is 5.40. The predicted molar refractivity (Wildman–Crippen MR) is 104 cm³/mol. The fourth-order valence-corrected chi connectivity index (χ4v) is 3.56. The minimum absolute atomic E-state index is 0.0375. The van der Waals surface area contributed by atoms with Crippen LogP contribution in [0.1, 0.15) is 41.0 Å². The molecule has 0 amide bonds. The van der Waals surface area contributed by atoms with Gasteiger partial charge in [0.1, 0.15) is 5.75 Å². The van der Waals surface area contributed by atoms with E-state index in [1.54, 1.807) is 24.3 Å². The molecular formula is C20H23NO6S. The van der Waals surface area contributed by atoms with E-state index in [9.17, 15) is 18.0 Å². The predicted octanol–water partition coefficient (Wildman–Crippen LogP) is 2.81. The van der Waals surface area contributed by atoms with E-state index >= 15 is 0 Å². The molecule has 0 aliphatic carbocycles. The maximum absolute atomic E-state index is 12.4. The second kappa shape index (κ2) is 9.48. The molecule has 8 heteroatoms. The summed E-state index contributed by atoms with van der Waals surface area (Å²) in [6.45, 7) is 3.61. The fraction of sp³-hybridized carbons (Fsp3) is 0.300. The van der Waals surface area contributed by atoms with Crippen LogP contribution in [0, 0.1) is 0 Å². The number of nitrogens with one attached hydrogen (secondary N) is 1. The molecule has 7 nitrogen and oxygen atoms in total. The molecule has 0 bridgehead atoms. The van der Waals surface area contributed by atoms with E-state index in [2.05, 4.69) is 4.72 Å². The first-order valence-corrected chi connectivity index (χ1v) is 10.3. The Morgan fingerprint density at radius 1 is 1.07 bits per heavy atom. The summed E-state index contributed by atoms with van der Waals surface area (Å²) in [7, 11) is -2.19. The first-order valence-electron chi connectivity index (χ1n) is 8.77. The lowest BCUT2D eigenvalue weighted by molar-refractivity contribution is 0.0318. The number of methoxy groups -OCH3 is 1. The van der Waals surface area contributed by atoms with Crippen LogP contribution in [0.5, 0.6) is 5.75 Å². The first-order chi connectivity index (χ1) is 13.3. The quantitative estimate of drug-likeness (QED) is 0.509. The van der Waals surface area contributed by atoms with E-state index in [0.29, 0.717) is 24.3 Å². The molecule has 0 aromatic heterocycles. The standard InChI is InChI=1S/C20H23NO6S/c1-4-12-21-28(24,25)18-7-5-6-16(13-18)20(23)27-14(2)19(22)15-8-10-17(26-3)11-9-15/h5-11,13-14,21H,4,12H2,1-3H3/t14-/m1/s1. The van der Waals surface area contributed by atoms with Crippen LogP contribution in [-0.2, 0) is 14.8 Å². The zero-order chi connectivity index (χ0) is 20.7. The molecule has 0 unspecified atom stereocenters. The first kappa shape index (κ1) is 21.6. The Balaban J connectivity index is 2.11. The monoisotopic (exact) mass is 405 g/mol. The lowest BCUT2D eigenvalue weighted by Gasteiger charge is -2.13. The highest BCUT2D eigenvalue weighted by Crippen LogP contribution is 2.16. The molecule has 0 aliphatic rings. The average Bonchev–Trinajstić information content (AvgIpc) is 2.71. The van der Waals surface area contributed by atoms with Crippen molar-refractivity contribution in [2.24, 2.45) is 0 Å². The smallest absolute Gasteiger partial charge is 0.338 e. The number of esters is 1. The van der Waals surface area contributed by atoms with Crippen molar-refractivity contribution < 1.29 is 27.5 Å². The van der Waals surface area contributed by atoms with Gasteiger partial charge in [-0.1, -0.05) is 13.0 Å². The van der Waals surface area contributed by atoms with Gasteiger partial charge in [-0.15, -0.1) is 0 Å². The molecule has 1 N–H and O–H groups in total. The molecule has 0 aliphatic heterocycles. The normalized spacial score (nSPS) is 12.2. The van der Waals surface area contributed by atoms with Crippen LogP contribution < -0.4 is 9.46 Å². The number of ether oxygens (including phenoxy) is 2. The molecule has 150 valence electrons. The molecule has 2 aromatic rings. The van der Waals surface area contributed by atoms with Crippen LogP contribution in [0.4, 0.5) is 0 Å². The lowest BCUT2D eigenvalue weighted by atomic mass is 10.1. The highest BCUT2D eigenvalue weighted by atomic mass is 32.2. The van der Waals surface area contributed by atoms with Crippen molar-refractivity contribution in [1.29, 1.82) is 0 Å². The molecule has 2 rings (SSSR count). The van der Waals surface area contributed by atoms with Gasteiger partial charge in [0.25, 0.3) is 0 Å². The second-order valence-corrected chi connectivity index (χ2v) is 7.83. The SMILES string of the molecule is CCCNS(=O)(=O)c1cccc(C(=O)O[C@H](C)C(=O)c2ccc(OC)cc2)c1. The summed E-state index contributed by atoms with van der Waals surface area (Å²) in [6.07, 6.45) is -0.384. The Morgan fingerprint density at radius 3 is 2.36 bits per heavy atom. The van der Waals surface area contributed by atoms with Gasteiger partial charge in [0.2, 0.25) is 15.8 Å². The van der Waals surface area contributed by atoms with Crippen LogP contribution >= 0.6 is 0 Å². The van der Waals surface area contributed by atoms with Crippen LogP contribution in [0.2, 0.25) is 0 Å². The van der Waals surface area contributed by atoms with E-state index in [4.69, 9.17) is 9.47 Å². The summed E-state index contributed by atoms with van der Waals surface area (Å²) in [5, 5.41) is 0. The number of carbonyl (C=O) groups excluding carboxylic acids is 2. The van der Waals surface area contributed by atoms with Crippen molar-refractivity contribution >= 4 is 21.8 Å². The number of carbonyl (C=O) groups is 2. The summed E-state index contributed by atoms with van der Waals surface area (Å²) in [5.74, 6) is -0.540. The third-order valence-corrected chi connectivity index (χ3v) is 5.41. The molecule has 2 aromatic carbocycles. The molecule has 28 heavy (non-hydrogen) atoms. The summed E-state index contributed by atoms with van der Waals surface area (Å²) < 4.78 is 37.1. The Bertz CT molecular complexity index is 937. The van der Waals surface area contributed by atoms with Crippen molar-refractivity contribution in [2.75, 3.05) is 13.7 Å². The highest BCUT2D eigenvalue weighted by molar-refractivity contribution is 7.89. The Labute approximate surface area is 164 Å². The summed E-state index contributed by atoms with van der Waals surface area (Å²) in [4.78, 5) is 24.8. The molecule has 0 fully saturated rings.